The van der Waals surface area contributed by atoms with Gasteiger partial charge in [0.25, 0.3) is 0 Å². The second-order valence-corrected chi connectivity index (χ2v) is 5.21. The van der Waals surface area contributed by atoms with Crippen LogP contribution in [0.2, 0.25) is 0 Å². The smallest absolute Gasteiger partial charge is 0.228 e. The summed E-state index contributed by atoms with van der Waals surface area (Å²) in [5, 5.41) is 0.122. The third-order valence-electron chi connectivity index (χ3n) is 3.13. The number of carbonyl (C=O) groups excluding carboxylic acids is 1. The molecule has 1 atom stereocenters. The van der Waals surface area contributed by atoms with Crippen molar-refractivity contribution in [1.29, 1.82) is 0 Å². The molecule has 94 valence electrons. The lowest BCUT2D eigenvalue weighted by atomic mass is 10.2. The maximum absolute atomic E-state index is 11.8. The van der Waals surface area contributed by atoms with E-state index in [4.69, 9.17) is 4.42 Å². The number of hydrogen-bond acceptors (Lipinski definition) is 4. The first-order chi connectivity index (χ1) is 8.67. The van der Waals surface area contributed by atoms with Gasteiger partial charge in [-0.25, -0.2) is 4.98 Å². The predicted molar refractivity (Wildman–Crippen MR) is 73.1 cm³/mol. The third kappa shape index (κ3) is 1.88. The molecule has 2 aromatic rings. The van der Waals surface area contributed by atoms with E-state index < -0.39 is 0 Å². The number of benzene rings is 1. The number of nitrogens with zero attached hydrogens (tertiary/aromatic N) is 2. The molecule has 0 N–H and O–H groups in total. The van der Waals surface area contributed by atoms with Gasteiger partial charge >= 0.3 is 0 Å². The molecule has 0 spiro atoms. The highest BCUT2D eigenvalue weighted by molar-refractivity contribution is 7.81. The van der Waals surface area contributed by atoms with E-state index in [9.17, 15) is 4.79 Å². The Balaban J connectivity index is 2.00. The molecule has 1 aromatic carbocycles. The molecule has 1 aliphatic rings. The number of amides is 1. The minimum atomic E-state index is 0.119. The molecule has 0 radical (unpaired) electrons. The number of fused-ring (bicyclic) bond motifs is 1. The van der Waals surface area contributed by atoms with Crippen molar-refractivity contribution in [1.82, 2.24) is 4.98 Å². The van der Waals surface area contributed by atoms with Gasteiger partial charge in [0.05, 0.1) is 0 Å². The fourth-order valence-electron chi connectivity index (χ4n) is 2.22. The molecule has 1 aromatic heterocycles. The zero-order valence-electron chi connectivity index (χ0n) is 10.1. The van der Waals surface area contributed by atoms with E-state index in [2.05, 4.69) is 17.6 Å². The average Bonchev–Trinajstić information content (AvgIpc) is 2.90. The second-order valence-electron chi connectivity index (χ2n) is 4.48. The highest BCUT2D eigenvalue weighted by Gasteiger charge is 2.28. The van der Waals surface area contributed by atoms with Gasteiger partial charge in [-0.2, -0.15) is 12.6 Å². The van der Waals surface area contributed by atoms with Gasteiger partial charge in [0, 0.05) is 30.3 Å². The highest BCUT2D eigenvalue weighted by atomic mass is 32.1. The number of anilines is 1. The number of aryl methyl sites for hydroxylation is 1. The Labute approximate surface area is 110 Å². The van der Waals surface area contributed by atoms with E-state index in [1.165, 1.54) is 0 Å². The standard InChI is InChI=1S/C13H14N2O2S/c1-2-12-14-10-5-8(3-4-11(10)17-12)15-7-9(18)6-13(15)16/h3-5,9,18H,2,6-7H2,1H3. The van der Waals surface area contributed by atoms with Crippen LogP contribution in [0.1, 0.15) is 19.2 Å². The second kappa shape index (κ2) is 4.31. The summed E-state index contributed by atoms with van der Waals surface area (Å²) < 4.78 is 5.55. The zero-order chi connectivity index (χ0) is 12.7. The first-order valence-corrected chi connectivity index (χ1v) is 6.57. The Morgan fingerprint density at radius 2 is 2.39 bits per heavy atom. The molecule has 1 unspecified atom stereocenters. The number of carbonyl (C=O) groups is 1. The van der Waals surface area contributed by atoms with E-state index in [1.54, 1.807) is 4.90 Å². The minimum absolute atomic E-state index is 0.119. The van der Waals surface area contributed by atoms with Crippen LogP contribution in [0, 0.1) is 0 Å². The minimum Gasteiger partial charge on any atom is -0.441 e. The largest absolute Gasteiger partial charge is 0.441 e. The van der Waals surface area contributed by atoms with Crippen LogP contribution in [-0.4, -0.2) is 22.7 Å². The van der Waals surface area contributed by atoms with Gasteiger partial charge < -0.3 is 9.32 Å². The lowest BCUT2D eigenvalue weighted by Gasteiger charge is -2.15. The van der Waals surface area contributed by atoms with Crippen molar-refractivity contribution in [2.45, 2.75) is 25.0 Å². The van der Waals surface area contributed by atoms with E-state index >= 15 is 0 Å². The first kappa shape index (κ1) is 11.6. The maximum atomic E-state index is 11.8. The van der Waals surface area contributed by atoms with Crippen LogP contribution >= 0.6 is 12.6 Å². The summed E-state index contributed by atoms with van der Waals surface area (Å²) in [6.45, 7) is 2.66. The zero-order valence-corrected chi connectivity index (χ0v) is 11.0. The molecule has 0 bridgehead atoms. The summed E-state index contributed by atoms with van der Waals surface area (Å²) >= 11 is 4.36. The van der Waals surface area contributed by atoms with Crippen molar-refractivity contribution in [3.8, 4) is 0 Å². The van der Waals surface area contributed by atoms with Crippen LogP contribution in [0.25, 0.3) is 11.1 Å². The Bertz CT molecular complexity index is 608. The van der Waals surface area contributed by atoms with Gasteiger partial charge in [0.1, 0.15) is 5.52 Å². The Hall–Kier alpha value is -1.49. The normalized spacial score (nSPS) is 20.0. The van der Waals surface area contributed by atoms with Crippen LogP contribution < -0.4 is 4.90 Å². The summed E-state index contributed by atoms with van der Waals surface area (Å²) in [5.41, 5.74) is 2.45. The van der Waals surface area contributed by atoms with Gasteiger partial charge in [0.15, 0.2) is 11.5 Å². The first-order valence-electron chi connectivity index (χ1n) is 6.05. The summed E-state index contributed by atoms with van der Waals surface area (Å²) in [6.07, 6.45) is 1.27. The highest BCUT2D eigenvalue weighted by Crippen LogP contribution is 2.27. The van der Waals surface area contributed by atoms with Gasteiger partial charge in [-0.05, 0) is 18.2 Å². The Kier molecular flexibility index (Phi) is 2.78. The SMILES string of the molecule is CCc1nc2cc(N3CC(S)CC3=O)ccc2o1. The number of rotatable bonds is 2. The number of thiol groups is 1. The van der Waals surface area contributed by atoms with Crippen molar-refractivity contribution >= 4 is 35.3 Å². The molecular formula is C13H14N2O2S. The molecule has 3 rings (SSSR count). The van der Waals surface area contributed by atoms with Crippen LogP contribution in [0.15, 0.2) is 22.6 Å². The molecule has 5 heteroatoms. The summed E-state index contributed by atoms with van der Waals surface area (Å²) in [7, 11) is 0. The van der Waals surface area contributed by atoms with Crippen molar-refractivity contribution in [3.05, 3.63) is 24.1 Å². The topological polar surface area (TPSA) is 46.3 Å². The number of hydrogen-bond donors (Lipinski definition) is 1. The van der Waals surface area contributed by atoms with Crippen molar-refractivity contribution in [3.63, 3.8) is 0 Å². The molecule has 2 heterocycles. The van der Waals surface area contributed by atoms with E-state index in [1.807, 2.05) is 25.1 Å². The monoisotopic (exact) mass is 262 g/mol. The fraction of sp³-hybridized carbons (Fsp3) is 0.385. The molecule has 1 aliphatic heterocycles. The Morgan fingerprint density at radius 3 is 3.06 bits per heavy atom. The lowest BCUT2D eigenvalue weighted by Crippen LogP contribution is -2.24. The van der Waals surface area contributed by atoms with Gasteiger partial charge in [-0.1, -0.05) is 6.92 Å². The Morgan fingerprint density at radius 1 is 1.56 bits per heavy atom. The fourth-order valence-corrected chi connectivity index (χ4v) is 2.54. The molecule has 4 nitrogen and oxygen atoms in total. The molecule has 1 saturated heterocycles. The molecular weight excluding hydrogens is 248 g/mol. The van der Waals surface area contributed by atoms with Crippen LogP contribution in [0.3, 0.4) is 0 Å². The summed E-state index contributed by atoms with van der Waals surface area (Å²) in [5.74, 6) is 0.843. The molecule has 1 fully saturated rings. The summed E-state index contributed by atoms with van der Waals surface area (Å²) in [4.78, 5) is 18.0. The maximum Gasteiger partial charge on any atom is 0.228 e. The van der Waals surface area contributed by atoms with Crippen LogP contribution in [0.4, 0.5) is 5.69 Å². The molecule has 1 amide bonds. The van der Waals surface area contributed by atoms with Crippen molar-refractivity contribution in [2.24, 2.45) is 0 Å². The van der Waals surface area contributed by atoms with Gasteiger partial charge in [-0.15, -0.1) is 0 Å². The van der Waals surface area contributed by atoms with E-state index in [-0.39, 0.29) is 11.2 Å². The molecule has 18 heavy (non-hydrogen) atoms. The average molecular weight is 262 g/mol. The van der Waals surface area contributed by atoms with Crippen molar-refractivity contribution in [2.75, 3.05) is 11.4 Å². The number of oxazole rings is 1. The van der Waals surface area contributed by atoms with Gasteiger partial charge in [0.2, 0.25) is 5.91 Å². The van der Waals surface area contributed by atoms with Crippen LogP contribution in [0.5, 0.6) is 0 Å². The molecule has 0 saturated carbocycles. The number of aromatic nitrogens is 1. The quantitative estimate of drug-likeness (QED) is 0.845. The van der Waals surface area contributed by atoms with Gasteiger partial charge in [-0.3, -0.25) is 4.79 Å². The lowest BCUT2D eigenvalue weighted by molar-refractivity contribution is -0.117. The van der Waals surface area contributed by atoms with E-state index in [0.29, 0.717) is 13.0 Å². The van der Waals surface area contributed by atoms with E-state index in [0.717, 1.165) is 29.1 Å². The predicted octanol–water partition coefficient (Wildman–Crippen LogP) is 2.43. The van der Waals surface area contributed by atoms with Crippen LogP contribution in [-0.2, 0) is 11.2 Å². The summed E-state index contributed by atoms with van der Waals surface area (Å²) in [6, 6.07) is 5.67. The molecule has 0 aliphatic carbocycles. The third-order valence-corrected chi connectivity index (χ3v) is 3.48. The van der Waals surface area contributed by atoms with Crippen molar-refractivity contribution < 1.29 is 9.21 Å².